The normalized spacial score (nSPS) is 10.3. The molecule has 1 N–H and O–H groups in total. The van der Waals surface area contributed by atoms with E-state index in [1.807, 2.05) is 0 Å². The van der Waals surface area contributed by atoms with Gasteiger partial charge in [-0.1, -0.05) is 0 Å². The zero-order valence-corrected chi connectivity index (χ0v) is 8.39. The maximum atomic E-state index is 11.0. The minimum Gasteiger partial charge on any atom is -0.507 e. The fourth-order valence-electron chi connectivity index (χ4n) is 1.36. The molecule has 0 aliphatic heterocycles. The van der Waals surface area contributed by atoms with Crippen LogP contribution >= 0.6 is 0 Å². The predicted octanol–water partition coefficient (Wildman–Crippen LogP) is 1.42. The lowest BCUT2D eigenvalue weighted by molar-refractivity contribution is -0.131. The van der Waals surface area contributed by atoms with Crippen LogP contribution in [0.2, 0.25) is 0 Å². The largest absolute Gasteiger partial charge is 0.507 e. The first-order valence-corrected chi connectivity index (χ1v) is 4.51. The summed E-state index contributed by atoms with van der Waals surface area (Å²) in [5.41, 5.74) is -0.492. The standard InChI is InChI=1S/C11H8O5/c1-6(12)15-7-2-3-8-9(13)5-11(14)16-10(8)4-7/h2-5,13H,1H3. The molecule has 0 fully saturated rings. The topological polar surface area (TPSA) is 76.7 Å². The summed E-state index contributed by atoms with van der Waals surface area (Å²) in [5, 5.41) is 9.84. The molecule has 0 saturated carbocycles. The van der Waals surface area contributed by atoms with Crippen LogP contribution in [0.1, 0.15) is 6.92 Å². The SMILES string of the molecule is CC(=O)Oc1ccc2c(O)cc(=O)oc2c1. The van der Waals surface area contributed by atoms with Gasteiger partial charge < -0.3 is 14.3 Å². The van der Waals surface area contributed by atoms with Gasteiger partial charge in [0.1, 0.15) is 17.1 Å². The van der Waals surface area contributed by atoms with Gasteiger partial charge in [-0.15, -0.1) is 0 Å². The van der Waals surface area contributed by atoms with Crippen molar-refractivity contribution in [2.75, 3.05) is 0 Å². The van der Waals surface area contributed by atoms with Crippen LogP contribution in [0.25, 0.3) is 11.0 Å². The number of carbonyl (C=O) groups is 1. The second kappa shape index (κ2) is 3.69. The summed E-state index contributed by atoms with van der Waals surface area (Å²) in [6.45, 7) is 1.27. The first-order valence-electron chi connectivity index (χ1n) is 4.51. The first kappa shape index (κ1) is 10.2. The Balaban J connectivity index is 2.61. The molecule has 0 aliphatic rings. The zero-order valence-electron chi connectivity index (χ0n) is 8.39. The molecule has 0 radical (unpaired) electrons. The van der Waals surface area contributed by atoms with Gasteiger partial charge in [0.05, 0.1) is 11.5 Å². The van der Waals surface area contributed by atoms with Gasteiger partial charge in [-0.05, 0) is 12.1 Å². The third-order valence-electron chi connectivity index (χ3n) is 1.96. The summed E-state index contributed by atoms with van der Waals surface area (Å²) in [7, 11) is 0. The highest BCUT2D eigenvalue weighted by Crippen LogP contribution is 2.26. The van der Waals surface area contributed by atoms with E-state index in [0.717, 1.165) is 6.07 Å². The highest BCUT2D eigenvalue weighted by Gasteiger charge is 2.06. The average molecular weight is 220 g/mol. The Bertz CT molecular complexity index is 611. The number of carbonyl (C=O) groups excluding carboxylic acids is 1. The van der Waals surface area contributed by atoms with Crippen LogP contribution in [-0.4, -0.2) is 11.1 Å². The van der Waals surface area contributed by atoms with Gasteiger partial charge in [0.15, 0.2) is 0 Å². The molecule has 2 aromatic rings. The lowest BCUT2D eigenvalue weighted by Crippen LogP contribution is -2.01. The van der Waals surface area contributed by atoms with E-state index in [2.05, 4.69) is 0 Å². The van der Waals surface area contributed by atoms with E-state index in [4.69, 9.17) is 9.15 Å². The molecule has 1 aromatic heterocycles. The van der Waals surface area contributed by atoms with Gasteiger partial charge in [0.25, 0.3) is 0 Å². The minimum atomic E-state index is -0.662. The van der Waals surface area contributed by atoms with Crippen LogP contribution in [0.4, 0.5) is 0 Å². The molecular formula is C11H8O5. The summed E-state index contributed by atoms with van der Waals surface area (Å²) >= 11 is 0. The Hall–Kier alpha value is -2.30. The van der Waals surface area contributed by atoms with Crippen molar-refractivity contribution in [2.45, 2.75) is 6.92 Å². The quantitative estimate of drug-likeness (QED) is 0.447. The molecule has 0 bridgehead atoms. The Kier molecular flexibility index (Phi) is 2.36. The monoisotopic (exact) mass is 220 g/mol. The number of fused-ring (bicyclic) bond motifs is 1. The van der Waals surface area contributed by atoms with Crippen molar-refractivity contribution in [1.82, 2.24) is 0 Å². The summed E-state index contributed by atoms with van der Waals surface area (Å²) in [6, 6.07) is 5.36. The Morgan fingerprint density at radius 3 is 2.81 bits per heavy atom. The molecule has 5 nitrogen and oxygen atoms in total. The molecule has 1 aromatic carbocycles. The summed E-state index contributed by atoms with van der Waals surface area (Å²) in [4.78, 5) is 21.7. The molecule has 82 valence electrons. The van der Waals surface area contributed by atoms with E-state index >= 15 is 0 Å². The van der Waals surface area contributed by atoms with Gasteiger partial charge in [0.2, 0.25) is 0 Å². The van der Waals surface area contributed by atoms with Crippen LogP contribution < -0.4 is 10.4 Å². The summed E-state index contributed by atoms with van der Waals surface area (Å²) in [5.74, 6) is -0.378. The third kappa shape index (κ3) is 1.88. The second-order valence-corrected chi connectivity index (χ2v) is 3.20. The maximum absolute atomic E-state index is 11.0. The molecule has 0 spiro atoms. The lowest BCUT2D eigenvalue weighted by atomic mass is 10.2. The van der Waals surface area contributed by atoms with Gasteiger partial charge in [-0.3, -0.25) is 4.79 Å². The van der Waals surface area contributed by atoms with Gasteiger partial charge in [0, 0.05) is 13.0 Å². The number of benzene rings is 1. The third-order valence-corrected chi connectivity index (χ3v) is 1.96. The Morgan fingerprint density at radius 1 is 1.38 bits per heavy atom. The van der Waals surface area contributed by atoms with E-state index in [0.29, 0.717) is 5.39 Å². The molecule has 0 saturated heterocycles. The number of aromatic hydroxyl groups is 1. The minimum absolute atomic E-state index is 0.166. The molecule has 5 heteroatoms. The van der Waals surface area contributed by atoms with Crippen molar-refractivity contribution in [3.05, 3.63) is 34.7 Å². The van der Waals surface area contributed by atoms with Gasteiger partial charge in [-0.2, -0.15) is 0 Å². The average Bonchev–Trinajstić information content (AvgIpc) is 2.15. The van der Waals surface area contributed by atoms with Crippen LogP contribution in [0.15, 0.2) is 33.5 Å². The van der Waals surface area contributed by atoms with E-state index in [1.165, 1.54) is 25.1 Å². The van der Waals surface area contributed by atoms with Gasteiger partial charge in [-0.25, -0.2) is 4.79 Å². The molecule has 0 amide bonds. The van der Waals surface area contributed by atoms with Crippen molar-refractivity contribution >= 4 is 16.9 Å². The lowest BCUT2D eigenvalue weighted by Gasteiger charge is -2.03. The predicted molar refractivity (Wildman–Crippen MR) is 55.5 cm³/mol. The molecule has 0 atom stereocenters. The highest BCUT2D eigenvalue weighted by molar-refractivity contribution is 5.84. The molecular weight excluding hydrogens is 212 g/mol. The van der Waals surface area contributed by atoms with Crippen molar-refractivity contribution in [3.8, 4) is 11.5 Å². The fraction of sp³-hybridized carbons (Fsp3) is 0.0909. The first-order chi connectivity index (χ1) is 7.56. The number of esters is 1. The van der Waals surface area contributed by atoms with E-state index < -0.39 is 11.6 Å². The molecule has 2 rings (SSSR count). The smallest absolute Gasteiger partial charge is 0.339 e. The zero-order chi connectivity index (χ0) is 11.7. The van der Waals surface area contributed by atoms with Crippen LogP contribution in [0.5, 0.6) is 11.5 Å². The molecule has 0 aliphatic carbocycles. The summed E-state index contributed by atoms with van der Waals surface area (Å²) in [6.07, 6.45) is 0. The van der Waals surface area contributed by atoms with Crippen LogP contribution in [0, 0.1) is 0 Å². The molecule has 0 unspecified atom stereocenters. The maximum Gasteiger partial charge on any atom is 0.339 e. The van der Waals surface area contributed by atoms with Crippen molar-refractivity contribution in [2.24, 2.45) is 0 Å². The van der Waals surface area contributed by atoms with Crippen LogP contribution in [-0.2, 0) is 4.79 Å². The van der Waals surface area contributed by atoms with E-state index in [9.17, 15) is 14.7 Å². The van der Waals surface area contributed by atoms with Crippen molar-refractivity contribution in [1.29, 1.82) is 0 Å². The van der Waals surface area contributed by atoms with E-state index in [-0.39, 0.29) is 17.1 Å². The van der Waals surface area contributed by atoms with Crippen molar-refractivity contribution < 1.29 is 19.1 Å². The molecule has 1 heterocycles. The number of ether oxygens (including phenoxy) is 1. The van der Waals surface area contributed by atoms with E-state index in [1.54, 1.807) is 0 Å². The van der Waals surface area contributed by atoms with Crippen LogP contribution in [0.3, 0.4) is 0 Å². The Morgan fingerprint density at radius 2 is 2.12 bits per heavy atom. The summed E-state index contributed by atoms with van der Waals surface area (Å²) < 4.78 is 9.68. The number of hydrogen-bond acceptors (Lipinski definition) is 5. The fourth-order valence-corrected chi connectivity index (χ4v) is 1.36. The number of hydrogen-bond donors (Lipinski definition) is 1. The van der Waals surface area contributed by atoms with Crippen molar-refractivity contribution in [3.63, 3.8) is 0 Å². The van der Waals surface area contributed by atoms with Gasteiger partial charge >= 0.3 is 11.6 Å². The number of rotatable bonds is 1. The molecule has 16 heavy (non-hydrogen) atoms. The highest BCUT2D eigenvalue weighted by atomic mass is 16.5. The second-order valence-electron chi connectivity index (χ2n) is 3.20. The Labute approximate surface area is 89.9 Å².